The van der Waals surface area contributed by atoms with Crippen LogP contribution in [0.2, 0.25) is 0 Å². The normalized spacial score (nSPS) is 13.7. The molecule has 0 aliphatic carbocycles. The zero-order chi connectivity index (χ0) is 19.7. The van der Waals surface area contributed by atoms with Crippen LogP contribution < -0.4 is 10.6 Å². The predicted octanol–water partition coefficient (Wildman–Crippen LogP) is 2.42. The lowest BCUT2D eigenvalue weighted by Gasteiger charge is -2.19. The Kier molecular flexibility index (Phi) is 9.01. The molecule has 0 aliphatic rings. The quantitative estimate of drug-likeness (QED) is 0.388. The van der Waals surface area contributed by atoms with Gasteiger partial charge in [-0.15, -0.1) is 0 Å². The number of halogens is 1. The van der Waals surface area contributed by atoms with Crippen molar-refractivity contribution in [2.75, 3.05) is 32.4 Å². The fourth-order valence-electron chi connectivity index (χ4n) is 2.48. The first kappa shape index (κ1) is 22.4. The molecule has 6 nitrogen and oxygen atoms in total. The number of hydrogen-bond donors (Lipinski definition) is 2. The van der Waals surface area contributed by atoms with E-state index >= 15 is 0 Å². The standard InChI is InChI=1S/C18H31FN4O2S/c1-6-20-18(21-11-8-12-23(7-2)26(5,24)25)22-15(4)16-10-9-14(3)17(19)13-16/h9-10,13,15H,6-8,11-12H2,1-5H3,(H2,20,21,22). The second-order valence-corrected chi connectivity index (χ2v) is 8.23. The molecule has 1 rings (SSSR count). The summed E-state index contributed by atoms with van der Waals surface area (Å²) in [4.78, 5) is 4.49. The van der Waals surface area contributed by atoms with E-state index in [9.17, 15) is 12.8 Å². The number of nitrogens with one attached hydrogen (secondary N) is 2. The Hall–Kier alpha value is -1.67. The number of aryl methyl sites for hydroxylation is 1. The predicted molar refractivity (Wildman–Crippen MR) is 105 cm³/mol. The minimum atomic E-state index is -3.17. The van der Waals surface area contributed by atoms with Crippen molar-refractivity contribution in [3.05, 3.63) is 35.1 Å². The summed E-state index contributed by atoms with van der Waals surface area (Å²) < 4.78 is 38.3. The Labute approximate surface area is 156 Å². The fraction of sp³-hybridized carbons (Fsp3) is 0.611. The third-order valence-electron chi connectivity index (χ3n) is 4.05. The van der Waals surface area contributed by atoms with Crippen LogP contribution in [0.3, 0.4) is 0 Å². The zero-order valence-corrected chi connectivity index (χ0v) is 17.2. The van der Waals surface area contributed by atoms with Crippen LogP contribution in [-0.2, 0) is 10.0 Å². The van der Waals surface area contributed by atoms with E-state index in [-0.39, 0.29) is 11.9 Å². The lowest BCUT2D eigenvalue weighted by atomic mass is 10.1. The zero-order valence-electron chi connectivity index (χ0n) is 16.3. The fourth-order valence-corrected chi connectivity index (χ4v) is 3.41. The summed E-state index contributed by atoms with van der Waals surface area (Å²) in [6.45, 7) is 9.56. The molecule has 0 saturated heterocycles. The van der Waals surface area contributed by atoms with Crippen LogP contribution in [0.5, 0.6) is 0 Å². The maximum Gasteiger partial charge on any atom is 0.211 e. The molecule has 1 aromatic carbocycles. The van der Waals surface area contributed by atoms with Crippen LogP contribution in [0, 0.1) is 12.7 Å². The largest absolute Gasteiger partial charge is 0.357 e. The minimum Gasteiger partial charge on any atom is -0.357 e. The smallest absolute Gasteiger partial charge is 0.211 e. The van der Waals surface area contributed by atoms with E-state index in [1.807, 2.05) is 26.8 Å². The Morgan fingerprint density at radius 1 is 1.35 bits per heavy atom. The Bertz CT molecular complexity index is 707. The molecule has 0 radical (unpaired) electrons. The highest BCUT2D eigenvalue weighted by Crippen LogP contribution is 2.16. The van der Waals surface area contributed by atoms with Gasteiger partial charge in [-0.05, 0) is 44.4 Å². The van der Waals surface area contributed by atoms with Crippen LogP contribution >= 0.6 is 0 Å². The molecular weight excluding hydrogens is 355 g/mol. The summed E-state index contributed by atoms with van der Waals surface area (Å²) in [5.74, 6) is 0.405. The molecule has 148 valence electrons. The number of aliphatic imine (C=N–C) groups is 1. The Balaban J connectivity index is 2.66. The van der Waals surface area contributed by atoms with Crippen molar-refractivity contribution < 1.29 is 12.8 Å². The van der Waals surface area contributed by atoms with Gasteiger partial charge in [0.25, 0.3) is 0 Å². The number of hydrogen-bond acceptors (Lipinski definition) is 3. The molecule has 8 heteroatoms. The maximum absolute atomic E-state index is 13.8. The molecule has 0 spiro atoms. The van der Waals surface area contributed by atoms with E-state index in [4.69, 9.17) is 0 Å². The van der Waals surface area contributed by atoms with E-state index < -0.39 is 10.0 Å². The molecule has 1 atom stereocenters. The van der Waals surface area contributed by atoms with Gasteiger partial charge in [0.1, 0.15) is 5.82 Å². The van der Waals surface area contributed by atoms with Crippen molar-refractivity contribution >= 4 is 16.0 Å². The van der Waals surface area contributed by atoms with Crippen molar-refractivity contribution in [3.63, 3.8) is 0 Å². The van der Waals surface area contributed by atoms with Crippen molar-refractivity contribution in [2.24, 2.45) is 4.99 Å². The van der Waals surface area contributed by atoms with Gasteiger partial charge in [-0.25, -0.2) is 17.1 Å². The molecule has 0 heterocycles. The first-order chi connectivity index (χ1) is 12.2. The van der Waals surface area contributed by atoms with E-state index in [1.54, 1.807) is 13.0 Å². The molecule has 1 unspecified atom stereocenters. The second kappa shape index (κ2) is 10.5. The number of benzene rings is 1. The van der Waals surface area contributed by atoms with E-state index in [0.29, 0.717) is 44.1 Å². The Morgan fingerprint density at radius 3 is 2.58 bits per heavy atom. The van der Waals surface area contributed by atoms with Gasteiger partial charge in [-0.3, -0.25) is 4.99 Å². The number of guanidine groups is 1. The first-order valence-corrected chi connectivity index (χ1v) is 10.8. The van der Waals surface area contributed by atoms with Gasteiger partial charge in [0.15, 0.2) is 5.96 Å². The first-order valence-electron chi connectivity index (χ1n) is 8.95. The molecule has 26 heavy (non-hydrogen) atoms. The number of nitrogens with zero attached hydrogens (tertiary/aromatic N) is 2. The van der Waals surface area contributed by atoms with E-state index in [2.05, 4.69) is 15.6 Å². The molecule has 0 aromatic heterocycles. The summed E-state index contributed by atoms with van der Waals surface area (Å²) in [5, 5.41) is 6.41. The minimum absolute atomic E-state index is 0.106. The number of rotatable bonds is 9. The molecule has 1 aromatic rings. The van der Waals surface area contributed by atoms with Crippen molar-refractivity contribution in [1.29, 1.82) is 0 Å². The van der Waals surface area contributed by atoms with E-state index in [0.717, 1.165) is 5.56 Å². The summed E-state index contributed by atoms with van der Waals surface area (Å²) in [7, 11) is -3.17. The molecule has 0 saturated carbocycles. The van der Waals surface area contributed by atoms with Crippen LogP contribution in [0.25, 0.3) is 0 Å². The molecule has 2 N–H and O–H groups in total. The van der Waals surface area contributed by atoms with Crippen molar-refractivity contribution in [1.82, 2.24) is 14.9 Å². The maximum atomic E-state index is 13.8. The summed E-state index contributed by atoms with van der Waals surface area (Å²) >= 11 is 0. The molecule has 0 amide bonds. The van der Waals surface area contributed by atoms with Gasteiger partial charge in [-0.1, -0.05) is 19.1 Å². The third kappa shape index (κ3) is 7.29. The van der Waals surface area contributed by atoms with Crippen molar-refractivity contribution in [3.8, 4) is 0 Å². The molecule has 0 aliphatic heterocycles. The summed E-state index contributed by atoms with van der Waals surface area (Å²) in [5.41, 5.74) is 1.46. The topological polar surface area (TPSA) is 73.8 Å². The van der Waals surface area contributed by atoms with Crippen LogP contribution in [0.1, 0.15) is 44.4 Å². The van der Waals surface area contributed by atoms with Gasteiger partial charge in [0.05, 0.1) is 12.3 Å². The molecule has 0 bridgehead atoms. The Morgan fingerprint density at radius 2 is 2.04 bits per heavy atom. The summed E-state index contributed by atoms with van der Waals surface area (Å²) in [6.07, 6.45) is 1.85. The van der Waals surface area contributed by atoms with Gasteiger partial charge < -0.3 is 10.6 Å². The van der Waals surface area contributed by atoms with Crippen LogP contribution in [-0.4, -0.2) is 51.1 Å². The lowest BCUT2D eigenvalue weighted by Crippen LogP contribution is -2.39. The number of sulfonamides is 1. The average molecular weight is 387 g/mol. The lowest BCUT2D eigenvalue weighted by molar-refractivity contribution is 0.427. The van der Waals surface area contributed by atoms with Gasteiger partial charge in [0.2, 0.25) is 10.0 Å². The highest BCUT2D eigenvalue weighted by atomic mass is 32.2. The third-order valence-corrected chi connectivity index (χ3v) is 5.43. The molecule has 0 fully saturated rings. The summed E-state index contributed by atoms with van der Waals surface area (Å²) in [6, 6.07) is 5.08. The van der Waals surface area contributed by atoms with Crippen LogP contribution in [0.15, 0.2) is 23.2 Å². The second-order valence-electron chi connectivity index (χ2n) is 6.24. The SMILES string of the molecule is CCNC(=NCCCN(CC)S(C)(=O)=O)NC(C)c1ccc(C)c(F)c1. The van der Waals surface area contributed by atoms with Crippen LogP contribution in [0.4, 0.5) is 4.39 Å². The highest BCUT2D eigenvalue weighted by molar-refractivity contribution is 7.88. The average Bonchev–Trinajstić information content (AvgIpc) is 2.56. The van der Waals surface area contributed by atoms with Gasteiger partial charge in [0, 0.05) is 26.2 Å². The highest BCUT2D eigenvalue weighted by Gasteiger charge is 2.13. The van der Waals surface area contributed by atoms with Gasteiger partial charge in [-0.2, -0.15) is 0 Å². The van der Waals surface area contributed by atoms with Gasteiger partial charge >= 0.3 is 0 Å². The monoisotopic (exact) mass is 386 g/mol. The molecular formula is C18H31FN4O2S. The van der Waals surface area contributed by atoms with Crippen molar-refractivity contribution in [2.45, 2.75) is 40.2 Å². The van der Waals surface area contributed by atoms with E-state index in [1.165, 1.54) is 16.6 Å².